The number of anilines is 1. The van der Waals surface area contributed by atoms with Crippen LogP contribution in [0.25, 0.3) is 22.0 Å². The molecule has 27 heavy (non-hydrogen) atoms. The van der Waals surface area contributed by atoms with E-state index >= 15 is 0 Å². The van der Waals surface area contributed by atoms with Gasteiger partial charge in [0.2, 0.25) is 5.91 Å². The fourth-order valence-electron chi connectivity index (χ4n) is 2.92. The van der Waals surface area contributed by atoms with Gasteiger partial charge in [-0.1, -0.05) is 66.2 Å². The highest BCUT2D eigenvalue weighted by atomic mass is 35.5. The van der Waals surface area contributed by atoms with E-state index in [1.807, 2.05) is 60.7 Å². The molecule has 4 rings (SSSR count). The van der Waals surface area contributed by atoms with E-state index in [0.29, 0.717) is 16.5 Å². The first-order valence-corrected chi connectivity index (χ1v) is 8.92. The number of fused-ring (bicyclic) bond motifs is 1. The van der Waals surface area contributed by atoms with E-state index in [-0.39, 0.29) is 12.3 Å². The van der Waals surface area contributed by atoms with Gasteiger partial charge in [0.25, 0.3) is 0 Å². The van der Waals surface area contributed by atoms with Crippen LogP contribution in [0, 0.1) is 0 Å². The number of hydrogen-bond acceptors (Lipinski definition) is 3. The molecular formula is C22H16ClN3O. The van der Waals surface area contributed by atoms with Crippen LogP contribution < -0.4 is 5.32 Å². The Hall–Kier alpha value is -3.24. The van der Waals surface area contributed by atoms with E-state index in [4.69, 9.17) is 11.6 Å². The van der Waals surface area contributed by atoms with Crippen molar-refractivity contribution >= 4 is 34.1 Å². The number of aromatic nitrogens is 2. The van der Waals surface area contributed by atoms with Gasteiger partial charge in [-0.15, -0.1) is 10.2 Å². The zero-order chi connectivity index (χ0) is 18.6. The van der Waals surface area contributed by atoms with Crippen LogP contribution in [0.4, 0.5) is 5.82 Å². The standard InChI is InChI=1S/C22H16ClN3O/c23-19-7-3-6-18(14-19)20-10-11-21(26-25-20)24-22(27)13-15-8-9-16-4-1-2-5-17(16)12-15/h1-12,14H,13H2,(H,24,26,27). The topological polar surface area (TPSA) is 54.9 Å². The predicted octanol–water partition coefficient (Wildman–Crippen LogP) is 5.13. The lowest BCUT2D eigenvalue weighted by Crippen LogP contribution is -2.15. The summed E-state index contributed by atoms with van der Waals surface area (Å²) in [7, 11) is 0. The number of carbonyl (C=O) groups is 1. The number of nitrogens with one attached hydrogen (secondary N) is 1. The maximum atomic E-state index is 12.3. The molecule has 1 heterocycles. The van der Waals surface area contributed by atoms with Crippen molar-refractivity contribution in [3.63, 3.8) is 0 Å². The first-order valence-electron chi connectivity index (χ1n) is 8.54. The zero-order valence-electron chi connectivity index (χ0n) is 14.4. The first kappa shape index (κ1) is 17.2. The van der Waals surface area contributed by atoms with Gasteiger partial charge in [0.05, 0.1) is 12.1 Å². The van der Waals surface area contributed by atoms with Crippen LogP contribution >= 0.6 is 11.6 Å². The van der Waals surface area contributed by atoms with Crippen molar-refractivity contribution in [2.75, 3.05) is 5.32 Å². The monoisotopic (exact) mass is 373 g/mol. The molecule has 4 aromatic rings. The van der Waals surface area contributed by atoms with Gasteiger partial charge in [-0.3, -0.25) is 4.79 Å². The molecule has 0 aliphatic carbocycles. The van der Waals surface area contributed by atoms with Crippen LogP contribution in [0.3, 0.4) is 0 Å². The molecule has 3 aromatic carbocycles. The lowest BCUT2D eigenvalue weighted by atomic mass is 10.0. The summed E-state index contributed by atoms with van der Waals surface area (Å²) in [6.45, 7) is 0. The highest BCUT2D eigenvalue weighted by molar-refractivity contribution is 6.30. The summed E-state index contributed by atoms with van der Waals surface area (Å²) in [5, 5.41) is 14.0. The number of rotatable bonds is 4. The van der Waals surface area contributed by atoms with E-state index in [1.165, 1.54) is 0 Å². The molecule has 0 unspecified atom stereocenters. The van der Waals surface area contributed by atoms with Gasteiger partial charge in [-0.2, -0.15) is 0 Å². The normalized spacial score (nSPS) is 10.7. The van der Waals surface area contributed by atoms with Crippen LogP contribution in [0.2, 0.25) is 5.02 Å². The van der Waals surface area contributed by atoms with Crippen molar-refractivity contribution in [1.29, 1.82) is 0 Å². The molecule has 0 bridgehead atoms. The average Bonchev–Trinajstić information content (AvgIpc) is 2.68. The summed E-state index contributed by atoms with van der Waals surface area (Å²) >= 11 is 6.00. The summed E-state index contributed by atoms with van der Waals surface area (Å²) in [6.07, 6.45) is 0.280. The van der Waals surface area contributed by atoms with E-state index in [1.54, 1.807) is 12.1 Å². The zero-order valence-corrected chi connectivity index (χ0v) is 15.1. The van der Waals surface area contributed by atoms with E-state index in [0.717, 1.165) is 21.9 Å². The largest absolute Gasteiger partial charge is 0.309 e. The van der Waals surface area contributed by atoms with Crippen molar-refractivity contribution in [2.24, 2.45) is 0 Å². The van der Waals surface area contributed by atoms with Gasteiger partial charge in [-0.05, 0) is 40.6 Å². The summed E-state index contributed by atoms with van der Waals surface area (Å²) in [5.41, 5.74) is 2.53. The first-order chi connectivity index (χ1) is 13.2. The average molecular weight is 374 g/mol. The maximum absolute atomic E-state index is 12.3. The van der Waals surface area contributed by atoms with Gasteiger partial charge >= 0.3 is 0 Å². The van der Waals surface area contributed by atoms with Crippen molar-refractivity contribution in [2.45, 2.75) is 6.42 Å². The highest BCUT2D eigenvalue weighted by Crippen LogP contribution is 2.21. The number of hydrogen-bond donors (Lipinski definition) is 1. The Morgan fingerprint density at radius 1 is 0.852 bits per heavy atom. The second-order valence-corrected chi connectivity index (χ2v) is 6.66. The molecule has 0 saturated heterocycles. The molecule has 0 aliphatic heterocycles. The minimum Gasteiger partial charge on any atom is -0.309 e. The third-order valence-corrected chi connectivity index (χ3v) is 4.47. The number of carbonyl (C=O) groups excluding carboxylic acids is 1. The Morgan fingerprint density at radius 3 is 2.48 bits per heavy atom. The summed E-state index contributed by atoms with van der Waals surface area (Å²) < 4.78 is 0. The quantitative estimate of drug-likeness (QED) is 0.539. The van der Waals surface area contributed by atoms with Crippen molar-refractivity contribution in [3.05, 3.63) is 89.4 Å². The molecular weight excluding hydrogens is 358 g/mol. The molecule has 0 saturated carbocycles. The fraction of sp³-hybridized carbons (Fsp3) is 0.0455. The molecule has 132 valence electrons. The second kappa shape index (κ2) is 7.56. The smallest absolute Gasteiger partial charge is 0.229 e. The Kier molecular flexibility index (Phi) is 4.81. The summed E-state index contributed by atoms with van der Waals surface area (Å²) in [5.74, 6) is 0.293. The third-order valence-electron chi connectivity index (χ3n) is 4.23. The Balaban J connectivity index is 1.44. The van der Waals surface area contributed by atoms with Crippen molar-refractivity contribution in [3.8, 4) is 11.3 Å². The van der Waals surface area contributed by atoms with Gasteiger partial charge in [0.1, 0.15) is 0 Å². The van der Waals surface area contributed by atoms with Crippen LogP contribution in [0.15, 0.2) is 78.9 Å². The highest BCUT2D eigenvalue weighted by Gasteiger charge is 2.07. The van der Waals surface area contributed by atoms with Crippen molar-refractivity contribution in [1.82, 2.24) is 10.2 Å². The molecule has 0 atom stereocenters. The molecule has 0 aliphatic rings. The Bertz CT molecular complexity index is 1110. The van der Waals surface area contributed by atoms with Crippen LogP contribution in [0.1, 0.15) is 5.56 Å². The maximum Gasteiger partial charge on any atom is 0.229 e. The third kappa shape index (κ3) is 4.13. The van der Waals surface area contributed by atoms with Gasteiger partial charge in [-0.25, -0.2) is 0 Å². The van der Waals surface area contributed by atoms with E-state index in [9.17, 15) is 4.79 Å². The predicted molar refractivity (Wildman–Crippen MR) is 109 cm³/mol. The van der Waals surface area contributed by atoms with Crippen LogP contribution in [-0.4, -0.2) is 16.1 Å². The Labute approximate surface area is 161 Å². The summed E-state index contributed by atoms with van der Waals surface area (Å²) in [4.78, 5) is 12.3. The SMILES string of the molecule is O=C(Cc1ccc2ccccc2c1)Nc1ccc(-c2cccc(Cl)c2)nn1. The van der Waals surface area contributed by atoms with Crippen molar-refractivity contribution < 1.29 is 4.79 Å². The van der Waals surface area contributed by atoms with Gasteiger partial charge in [0, 0.05) is 10.6 Å². The minimum absolute atomic E-state index is 0.130. The molecule has 0 radical (unpaired) electrons. The van der Waals surface area contributed by atoms with E-state index in [2.05, 4.69) is 21.6 Å². The molecule has 1 N–H and O–H groups in total. The van der Waals surface area contributed by atoms with E-state index < -0.39 is 0 Å². The second-order valence-electron chi connectivity index (χ2n) is 6.22. The number of halogens is 1. The number of benzene rings is 3. The molecule has 1 aromatic heterocycles. The Morgan fingerprint density at radius 2 is 1.70 bits per heavy atom. The molecule has 1 amide bonds. The minimum atomic E-state index is -0.130. The van der Waals surface area contributed by atoms with Crippen LogP contribution in [0.5, 0.6) is 0 Å². The van der Waals surface area contributed by atoms with Gasteiger partial charge in [0.15, 0.2) is 5.82 Å². The molecule has 0 spiro atoms. The lowest BCUT2D eigenvalue weighted by molar-refractivity contribution is -0.115. The van der Waals surface area contributed by atoms with Gasteiger partial charge < -0.3 is 5.32 Å². The molecule has 5 heteroatoms. The fourth-order valence-corrected chi connectivity index (χ4v) is 3.11. The number of nitrogens with zero attached hydrogens (tertiary/aromatic N) is 2. The molecule has 0 fully saturated rings. The number of amides is 1. The summed E-state index contributed by atoms with van der Waals surface area (Å²) in [6, 6.07) is 25.1. The molecule has 4 nitrogen and oxygen atoms in total. The van der Waals surface area contributed by atoms with Crippen LogP contribution in [-0.2, 0) is 11.2 Å². The lowest BCUT2D eigenvalue weighted by Gasteiger charge is -2.06.